The van der Waals surface area contributed by atoms with Gasteiger partial charge >= 0.3 is 22.3 Å². The SMILES string of the molecule is CCC1OC(OC2C(C(=O)O)OC(OC3C(O)CC(OC4C(C(=O)O)OC(OCCCCCCNC(=O)CCO)C(O)C4O)OC3COS(=O)(=O)O)C(O)C2O)C(N=[S-](=O)OO)C(O)C1O. The summed E-state index contributed by atoms with van der Waals surface area (Å²) in [4.78, 5) is 36.2. The van der Waals surface area contributed by atoms with Crippen molar-refractivity contribution in [1.82, 2.24) is 5.32 Å². The summed E-state index contributed by atoms with van der Waals surface area (Å²) < 4.78 is 100. The largest absolute Gasteiger partial charge is 0.479 e. The molecule has 13 N–H and O–H groups in total. The van der Waals surface area contributed by atoms with E-state index in [1.54, 1.807) is 0 Å². The quantitative estimate of drug-likeness (QED) is 0.0141. The van der Waals surface area contributed by atoms with E-state index in [1.807, 2.05) is 0 Å². The third-order valence-electron chi connectivity index (χ3n) is 10.7. The number of hydrogen-bond donors (Lipinski definition) is 13. The minimum absolute atomic E-state index is 0.0167. The Labute approximate surface area is 377 Å². The summed E-state index contributed by atoms with van der Waals surface area (Å²) in [6.07, 6.45) is -33.9. The minimum Gasteiger partial charge on any atom is -0.479 e. The number of carbonyl (C=O) groups excluding carboxylic acids is 1. The number of aliphatic hydroxyl groups excluding tert-OH is 8. The van der Waals surface area contributed by atoms with E-state index in [1.165, 1.54) is 6.92 Å². The van der Waals surface area contributed by atoms with Gasteiger partial charge in [-0.05, 0) is 30.1 Å². The Kier molecular flexibility index (Phi) is 22.0. The summed E-state index contributed by atoms with van der Waals surface area (Å²) in [5, 5.41) is 117. The van der Waals surface area contributed by atoms with Crippen LogP contribution < -0.4 is 5.32 Å². The van der Waals surface area contributed by atoms with Crippen molar-refractivity contribution in [2.75, 3.05) is 26.4 Å². The van der Waals surface area contributed by atoms with Gasteiger partial charge in [0.1, 0.15) is 67.1 Å². The lowest BCUT2D eigenvalue weighted by atomic mass is 9.94. The monoisotopic (exact) mass is 1010 g/mol. The first kappa shape index (κ1) is 56.1. The van der Waals surface area contributed by atoms with Crippen LogP contribution in [0.3, 0.4) is 0 Å². The molecule has 0 aliphatic carbocycles. The summed E-state index contributed by atoms with van der Waals surface area (Å²) in [7, 11) is -8.16. The standard InChI is InChI=1S/C34H57N2O28S2/c1-2-14-19(40)20(41)18(36-65(51)64-50)32(58-14)61-27-22(43)24(45)34(63-29(27)31(48)49)60-25-13(38)11-17(57-15(25)12-56-66(52,53)54)59-26-21(42)23(44)33(62-28(26)30(46)47)55-10-6-4-3-5-8-35-16(39)7-9-37/h13-15,17-29,32-34,37-38,40-45,50H,2-12H2,1H3,(H,35,39)(H,46,47)(H,48,49)(H,52,53,54)/q-1. The van der Waals surface area contributed by atoms with Gasteiger partial charge in [-0.25, -0.2) is 13.8 Å². The molecule has 19 unspecified atom stereocenters. The van der Waals surface area contributed by atoms with Crippen LogP contribution in [-0.4, -0.2) is 230 Å². The molecule has 1 amide bonds. The highest BCUT2D eigenvalue weighted by molar-refractivity contribution is 7.80. The van der Waals surface area contributed by atoms with E-state index in [2.05, 4.69) is 18.2 Å². The second-order valence-corrected chi connectivity index (χ2v) is 17.2. The normalized spacial score (nSPS) is 39.3. The Hall–Kier alpha value is -2.49. The van der Waals surface area contributed by atoms with Crippen molar-refractivity contribution in [3.63, 3.8) is 0 Å². The van der Waals surface area contributed by atoms with Crippen LogP contribution in [0.25, 0.3) is 0 Å². The van der Waals surface area contributed by atoms with Crippen molar-refractivity contribution in [1.29, 1.82) is 0 Å². The van der Waals surface area contributed by atoms with E-state index in [4.69, 9.17) is 48.3 Å². The average molecular weight is 1010 g/mol. The van der Waals surface area contributed by atoms with Crippen molar-refractivity contribution < 1.29 is 134 Å². The number of carbonyl (C=O) groups is 3. The van der Waals surface area contributed by atoms with Gasteiger partial charge in [0.15, 0.2) is 37.4 Å². The number of nitrogens with zero attached hydrogens (tertiary/aromatic N) is 1. The molecular formula is C34H57N2O28S2-. The summed E-state index contributed by atoms with van der Waals surface area (Å²) in [5.74, 6) is -3.90. The Morgan fingerprint density at radius 1 is 0.742 bits per heavy atom. The van der Waals surface area contributed by atoms with E-state index < -0.39 is 163 Å². The molecule has 19 atom stereocenters. The number of unbranched alkanes of at least 4 members (excludes halogenated alkanes) is 3. The van der Waals surface area contributed by atoms with E-state index >= 15 is 0 Å². The fourth-order valence-corrected chi connectivity index (χ4v) is 8.13. The molecule has 66 heavy (non-hydrogen) atoms. The number of aliphatic carboxylic acids is 2. The highest BCUT2D eigenvalue weighted by atomic mass is 32.3. The number of ether oxygens (including phenoxy) is 8. The molecular weight excluding hydrogens is 948 g/mol. The second-order valence-electron chi connectivity index (χ2n) is 15.3. The topological polar surface area (TPSA) is 462 Å². The summed E-state index contributed by atoms with van der Waals surface area (Å²) in [5.41, 5.74) is 0. The Balaban J connectivity index is 1.44. The highest BCUT2D eigenvalue weighted by Gasteiger charge is 2.56. The lowest BCUT2D eigenvalue weighted by Crippen LogP contribution is -2.66. The van der Waals surface area contributed by atoms with Gasteiger partial charge in [0.05, 0.1) is 25.4 Å². The lowest BCUT2D eigenvalue weighted by molar-refractivity contribution is -0.366. The molecule has 0 saturated carbocycles. The Morgan fingerprint density at radius 2 is 1.33 bits per heavy atom. The molecule has 384 valence electrons. The molecule has 4 aliphatic heterocycles. The van der Waals surface area contributed by atoms with Gasteiger partial charge < -0.3 is 103 Å². The van der Waals surface area contributed by atoms with Crippen molar-refractivity contribution in [2.45, 2.75) is 169 Å². The number of aliphatic hydroxyl groups is 8. The van der Waals surface area contributed by atoms with Crippen LogP contribution in [0.5, 0.6) is 0 Å². The van der Waals surface area contributed by atoms with E-state index in [0.29, 0.717) is 32.2 Å². The Morgan fingerprint density at radius 3 is 1.92 bits per heavy atom. The van der Waals surface area contributed by atoms with Gasteiger partial charge in [-0.1, -0.05) is 19.8 Å². The fraction of sp³-hybridized carbons (Fsp3) is 0.912. The molecule has 0 radical (unpaired) electrons. The summed E-state index contributed by atoms with van der Waals surface area (Å²) in [6.45, 7) is 0.332. The van der Waals surface area contributed by atoms with Gasteiger partial charge in [-0.2, -0.15) is 8.42 Å². The zero-order valence-electron chi connectivity index (χ0n) is 34.9. The van der Waals surface area contributed by atoms with Gasteiger partial charge in [0.2, 0.25) is 5.91 Å². The molecule has 0 aromatic rings. The van der Waals surface area contributed by atoms with Gasteiger partial charge in [0.25, 0.3) is 0 Å². The van der Waals surface area contributed by atoms with Gasteiger partial charge in [-0.15, -0.1) is 0 Å². The molecule has 4 aliphatic rings. The lowest BCUT2D eigenvalue weighted by Gasteiger charge is -2.48. The maximum absolute atomic E-state index is 12.5. The molecule has 32 heteroatoms. The number of carboxylic acids is 2. The van der Waals surface area contributed by atoms with Crippen LogP contribution >= 0.6 is 0 Å². The van der Waals surface area contributed by atoms with Gasteiger partial charge in [0, 0.05) is 26.0 Å². The van der Waals surface area contributed by atoms with Crippen LogP contribution in [0.1, 0.15) is 51.9 Å². The third kappa shape index (κ3) is 15.3. The predicted molar refractivity (Wildman–Crippen MR) is 206 cm³/mol. The number of nitrogens with one attached hydrogen (secondary N) is 1. The van der Waals surface area contributed by atoms with Crippen LogP contribution in [0.2, 0.25) is 0 Å². The molecule has 0 aromatic carbocycles. The highest BCUT2D eigenvalue weighted by Crippen LogP contribution is 2.35. The van der Waals surface area contributed by atoms with Crippen LogP contribution in [0.4, 0.5) is 0 Å². The maximum Gasteiger partial charge on any atom is 0.397 e. The first-order valence-electron chi connectivity index (χ1n) is 20.5. The van der Waals surface area contributed by atoms with Crippen molar-refractivity contribution >= 4 is 39.1 Å². The zero-order valence-corrected chi connectivity index (χ0v) is 36.5. The third-order valence-corrected chi connectivity index (χ3v) is 11.7. The van der Waals surface area contributed by atoms with Crippen molar-refractivity contribution in [3.8, 4) is 0 Å². The predicted octanol–water partition coefficient (Wildman–Crippen LogP) is -5.65. The Bertz CT molecular complexity index is 1760. The summed E-state index contributed by atoms with van der Waals surface area (Å²) >= 11 is 0. The molecule has 4 rings (SSSR count). The number of hydrogen-bond acceptors (Lipinski definition) is 27. The molecule has 0 spiro atoms. The van der Waals surface area contributed by atoms with E-state index in [0.717, 1.165) is 0 Å². The van der Waals surface area contributed by atoms with E-state index in [9.17, 15) is 77.5 Å². The molecule has 0 bridgehead atoms. The van der Waals surface area contributed by atoms with E-state index in [-0.39, 0.29) is 32.0 Å². The smallest absolute Gasteiger partial charge is 0.397 e. The summed E-state index contributed by atoms with van der Waals surface area (Å²) in [6, 6.07) is -1.87. The molecule has 4 fully saturated rings. The van der Waals surface area contributed by atoms with Crippen molar-refractivity contribution in [2.24, 2.45) is 4.36 Å². The second kappa shape index (κ2) is 25.9. The first-order chi connectivity index (χ1) is 31.1. The van der Waals surface area contributed by atoms with Crippen molar-refractivity contribution in [3.05, 3.63) is 0 Å². The number of amides is 1. The molecule has 4 saturated heterocycles. The zero-order chi connectivity index (χ0) is 49.0. The van der Waals surface area contributed by atoms with Crippen LogP contribution in [0, 0.1) is 0 Å². The number of rotatable bonds is 24. The van der Waals surface area contributed by atoms with Crippen LogP contribution in [-0.2, 0) is 86.3 Å². The molecule has 0 aromatic heterocycles. The average Bonchev–Trinajstić information content (AvgIpc) is 3.25. The maximum atomic E-state index is 12.5. The first-order valence-corrected chi connectivity index (χ1v) is 22.9. The van der Waals surface area contributed by atoms with Gasteiger partial charge in [-0.3, -0.25) is 18.9 Å². The van der Waals surface area contributed by atoms with Crippen LogP contribution in [0.15, 0.2) is 4.36 Å². The molecule has 4 heterocycles. The fourth-order valence-electron chi connectivity index (χ4n) is 7.37. The minimum atomic E-state index is -5.27. The molecule has 30 nitrogen and oxygen atoms in total. The number of carboxylic acid groups (broad SMARTS) is 2.